The zero-order valence-electron chi connectivity index (χ0n) is 12.4. The zero-order chi connectivity index (χ0) is 15.1. The third-order valence-corrected chi connectivity index (χ3v) is 4.18. The Hall–Kier alpha value is -1.29. The Labute approximate surface area is 125 Å². The average molecular weight is 295 g/mol. The molecule has 0 radical (unpaired) electrons. The molecule has 110 valence electrons. The van der Waals surface area contributed by atoms with E-state index >= 15 is 0 Å². The second kappa shape index (κ2) is 8.10. The van der Waals surface area contributed by atoms with Gasteiger partial charge in [0.1, 0.15) is 5.82 Å². The summed E-state index contributed by atoms with van der Waals surface area (Å²) in [4.78, 5) is 13.9. The summed E-state index contributed by atoms with van der Waals surface area (Å²) in [5.74, 6) is 0.315. The molecule has 1 aromatic rings. The lowest BCUT2D eigenvalue weighted by Gasteiger charge is -2.21. The van der Waals surface area contributed by atoms with Crippen LogP contribution >= 0.6 is 11.8 Å². The van der Waals surface area contributed by atoms with Crippen LogP contribution in [0.3, 0.4) is 0 Å². The highest BCUT2D eigenvalue weighted by molar-refractivity contribution is 8.00. The summed E-state index contributed by atoms with van der Waals surface area (Å²) < 4.78 is 12.9. The van der Waals surface area contributed by atoms with Gasteiger partial charge in [0.05, 0.1) is 5.75 Å². The molecule has 4 heteroatoms. The molecule has 0 saturated heterocycles. The maximum absolute atomic E-state index is 12.9. The maximum atomic E-state index is 12.9. The second-order valence-corrected chi connectivity index (χ2v) is 6.20. The van der Waals surface area contributed by atoms with Gasteiger partial charge in [0.25, 0.3) is 0 Å². The van der Waals surface area contributed by atoms with E-state index in [0.717, 1.165) is 11.1 Å². The summed E-state index contributed by atoms with van der Waals surface area (Å²) in [5.41, 5.74) is 2.02. The Balaban J connectivity index is 2.51. The summed E-state index contributed by atoms with van der Waals surface area (Å²) in [7, 11) is 0. The molecule has 0 aliphatic heterocycles. The molecule has 0 heterocycles. The van der Waals surface area contributed by atoms with E-state index in [2.05, 4.69) is 6.58 Å². The van der Waals surface area contributed by atoms with Crippen LogP contribution < -0.4 is 0 Å². The van der Waals surface area contributed by atoms with Crippen molar-refractivity contribution in [1.29, 1.82) is 0 Å². The van der Waals surface area contributed by atoms with E-state index in [4.69, 9.17) is 0 Å². The van der Waals surface area contributed by atoms with Gasteiger partial charge in [-0.3, -0.25) is 4.79 Å². The first-order valence-corrected chi connectivity index (χ1v) is 7.78. The van der Waals surface area contributed by atoms with Gasteiger partial charge in [-0.2, -0.15) is 0 Å². The Kier molecular flexibility index (Phi) is 6.79. The normalized spacial score (nSPS) is 12.0. The van der Waals surface area contributed by atoms with E-state index in [-0.39, 0.29) is 17.0 Å². The summed E-state index contributed by atoms with van der Waals surface area (Å²) in [6, 6.07) is 6.44. The Bertz CT molecular complexity index is 458. The van der Waals surface area contributed by atoms with Crippen molar-refractivity contribution in [2.24, 2.45) is 0 Å². The standard InChI is InChI=1S/C16H22FNOS/c1-5-18(10-12(2)3)16(19)11-20-13(4)14-6-8-15(17)9-7-14/h6-9,13H,2,5,10-11H2,1,3-4H3. The third kappa shape index (κ3) is 5.37. The quantitative estimate of drug-likeness (QED) is 0.707. The summed E-state index contributed by atoms with van der Waals surface area (Å²) in [6.45, 7) is 11.1. The number of likely N-dealkylation sites (N-methyl/N-ethyl adjacent to an activating group) is 1. The number of hydrogen-bond acceptors (Lipinski definition) is 2. The molecule has 1 aromatic carbocycles. The number of carbonyl (C=O) groups is 1. The van der Waals surface area contributed by atoms with Crippen molar-refractivity contribution in [3.63, 3.8) is 0 Å². The lowest BCUT2D eigenvalue weighted by molar-refractivity contribution is -0.127. The molecule has 1 amide bonds. The van der Waals surface area contributed by atoms with E-state index in [1.807, 2.05) is 20.8 Å². The fourth-order valence-electron chi connectivity index (χ4n) is 1.82. The van der Waals surface area contributed by atoms with Crippen LogP contribution in [0.25, 0.3) is 0 Å². The highest BCUT2D eigenvalue weighted by Crippen LogP contribution is 2.28. The number of halogens is 1. The van der Waals surface area contributed by atoms with Gasteiger partial charge in [0.15, 0.2) is 0 Å². The van der Waals surface area contributed by atoms with Crippen molar-refractivity contribution in [2.75, 3.05) is 18.8 Å². The topological polar surface area (TPSA) is 20.3 Å². The summed E-state index contributed by atoms with van der Waals surface area (Å²) >= 11 is 1.57. The summed E-state index contributed by atoms with van der Waals surface area (Å²) in [6.07, 6.45) is 0. The van der Waals surface area contributed by atoms with Crippen molar-refractivity contribution in [1.82, 2.24) is 4.90 Å². The molecule has 0 bridgehead atoms. The van der Waals surface area contributed by atoms with Crippen LogP contribution in [0, 0.1) is 5.82 Å². The van der Waals surface area contributed by atoms with Gasteiger partial charge in [0, 0.05) is 18.3 Å². The molecule has 0 aliphatic rings. The summed E-state index contributed by atoms with van der Waals surface area (Å²) in [5, 5.41) is 0.170. The fraction of sp³-hybridized carbons (Fsp3) is 0.438. The average Bonchev–Trinajstić information content (AvgIpc) is 2.42. The molecule has 1 rings (SSSR count). The molecular formula is C16H22FNOS. The number of benzene rings is 1. The molecule has 1 atom stereocenters. The van der Waals surface area contributed by atoms with Crippen LogP contribution in [-0.2, 0) is 4.79 Å². The van der Waals surface area contributed by atoms with E-state index in [1.54, 1.807) is 28.8 Å². The van der Waals surface area contributed by atoms with Crippen LogP contribution in [0.15, 0.2) is 36.4 Å². The molecule has 0 saturated carbocycles. The van der Waals surface area contributed by atoms with Gasteiger partial charge < -0.3 is 4.90 Å². The monoisotopic (exact) mass is 295 g/mol. The van der Waals surface area contributed by atoms with E-state index in [0.29, 0.717) is 18.8 Å². The van der Waals surface area contributed by atoms with Crippen LogP contribution in [0.4, 0.5) is 4.39 Å². The van der Waals surface area contributed by atoms with Crippen LogP contribution in [0.1, 0.15) is 31.6 Å². The predicted molar refractivity (Wildman–Crippen MR) is 84.3 cm³/mol. The Morgan fingerprint density at radius 3 is 2.50 bits per heavy atom. The smallest absolute Gasteiger partial charge is 0.232 e. The molecule has 0 aromatic heterocycles. The minimum absolute atomic E-state index is 0.120. The largest absolute Gasteiger partial charge is 0.338 e. The Morgan fingerprint density at radius 1 is 1.40 bits per heavy atom. The van der Waals surface area contributed by atoms with Gasteiger partial charge in [-0.1, -0.05) is 24.3 Å². The number of rotatable bonds is 7. The van der Waals surface area contributed by atoms with Crippen molar-refractivity contribution in [3.8, 4) is 0 Å². The second-order valence-electron chi connectivity index (χ2n) is 4.87. The first-order valence-electron chi connectivity index (χ1n) is 6.73. The number of nitrogens with zero attached hydrogens (tertiary/aromatic N) is 1. The first-order chi connectivity index (χ1) is 9.43. The van der Waals surface area contributed by atoms with Crippen molar-refractivity contribution < 1.29 is 9.18 Å². The molecule has 2 nitrogen and oxygen atoms in total. The van der Waals surface area contributed by atoms with Crippen LogP contribution in [-0.4, -0.2) is 29.6 Å². The first kappa shape index (κ1) is 16.8. The van der Waals surface area contributed by atoms with Gasteiger partial charge >= 0.3 is 0 Å². The van der Waals surface area contributed by atoms with Gasteiger partial charge in [-0.05, 0) is 38.5 Å². The van der Waals surface area contributed by atoms with Crippen molar-refractivity contribution >= 4 is 17.7 Å². The predicted octanol–water partition coefficient (Wildman–Crippen LogP) is 4.04. The SMILES string of the molecule is C=C(C)CN(CC)C(=O)CSC(C)c1ccc(F)cc1. The molecular weight excluding hydrogens is 273 g/mol. The number of amides is 1. The minimum Gasteiger partial charge on any atom is -0.338 e. The lowest BCUT2D eigenvalue weighted by atomic mass is 10.2. The van der Waals surface area contributed by atoms with Gasteiger partial charge in [-0.15, -0.1) is 11.8 Å². The van der Waals surface area contributed by atoms with Crippen molar-refractivity contribution in [3.05, 3.63) is 47.8 Å². The highest BCUT2D eigenvalue weighted by atomic mass is 32.2. The molecule has 1 unspecified atom stereocenters. The molecule has 0 spiro atoms. The van der Waals surface area contributed by atoms with E-state index in [9.17, 15) is 9.18 Å². The van der Waals surface area contributed by atoms with E-state index < -0.39 is 0 Å². The number of hydrogen-bond donors (Lipinski definition) is 0. The molecule has 20 heavy (non-hydrogen) atoms. The maximum Gasteiger partial charge on any atom is 0.232 e. The van der Waals surface area contributed by atoms with Crippen LogP contribution in [0.5, 0.6) is 0 Å². The Morgan fingerprint density at radius 2 is 2.00 bits per heavy atom. The minimum atomic E-state index is -0.236. The fourth-order valence-corrected chi connectivity index (χ4v) is 2.74. The van der Waals surface area contributed by atoms with E-state index in [1.165, 1.54) is 12.1 Å². The zero-order valence-corrected chi connectivity index (χ0v) is 13.2. The number of carbonyl (C=O) groups excluding carboxylic acids is 1. The highest BCUT2D eigenvalue weighted by Gasteiger charge is 2.14. The van der Waals surface area contributed by atoms with Gasteiger partial charge in [-0.25, -0.2) is 4.39 Å². The van der Waals surface area contributed by atoms with Crippen molar-refractivity contribution in [2.45, 2.75) is 26.0 Å². The third-order valence-electron chi connectivity index (χ3n) is 2.99. The molecule has 0 N–H and O–H groups in total. The van der Waals surface area contributed by atoms with Crippen LogP contribution in [0.2, 0.25) is 0 Å². The number of thioether (sulfide) groups is 1. The lowest BCUT2D eigenvalue weighted by Crippen LogP contribution is -2.33. The van der Waals surface area contributed by atoms with Gasteiger partial charge in [0.2, 0.25) is 5.91 Å². The molecule has 0 aliphatic carbocycles. The molecule has 0 fully saturated rings.